The number of hydrogen-bond donors (Lipinski definition) is 1. The number of carbonyl (C=O) groups is 1. The first-order valence-corrected chi connectivity index (χ1v) is 12.6. The molecule has 1 N–H and O–H groups in total. The molecule has 1 saturated heterocycles. The van der Waals surface area contributed by atoms with Crippen LogP contribution in [0.1, 0.15) is 44.9 Å². The van der Waals surface area contributed by atoms with E-state index < -0.39 is 15.8 Å². The lowest BCUT2D eigenvalue weighted by Crippen LogP contribution is -2.45. The van der Waals surface area contributed by atoms with Crippen molar-refractivity contribution in [1.82, 2.24) is 9.62 Å². The average Bonchev–Trinajstić information content (AvgIpc) is 2.72. The van der Waals surface area contributed by atoms with Gasteiger partial charge < -0.3 is 5.32 Å². The molecule has 156 valence electrons. The van der Waals surface area contributed by atoms with Crippen molar-refractivity contribution in [2.24, 2.45) is 5.92 Å². The Balaban J connectivity index is 1.48. The van der Waals surface area contributed by atoms with Crippen molar-refractivity contribution in [1.29, 1.82) is 0 Å². The van der Waals surface area contributed by atoms with Crippen LogP contribution < -0.4 is 5.32 Å². The largest absolute Gasteiger partial charge is 0.355 e. The topological polar surface area (TPSA) is 66.5 Å². The van der Waals surface area contributed by atoms with Gasteiger partial charge in [0.15, 0.2) is 0 Å². The van der Waals surface area contributed by atoms with E-state index in [1.807, 2.05) is 11.8 Å². The van der Waals surface area contributed by atoms with Crippen molar-refractivity contribution in [2.45, 2.75) is 55.1 Å². The van der Waals surface area contributed by atoms with Crippen molar-refractivity contribution < 1.29 is 17.6 Å². The summed E-state index contributed by atoms with van der Waals surface area (Å²) in [7, 11) is -3.70. The van der Waals surface area contributed by atoms with Gasteiger partial charge in [0.1, 0.15) is 5.82 Å². The number of piperidine rings is 1. The van der Waals surface area contributed by atoms with Crippen molar-refractivity contribution in [3.63, 3.8) is 0 Å². The predicted molar refractivity (Wildman–Crippen MR) is 110 cm³/mol. The number of nitrogens with one attached hydrogen (secondary N) is 1. The molecule has 2 fully saturated rings. The monoisotopic (exact) mass is 428 g/mol. The Hall–Kier alpha value is -1.12. The molecule has 1 aliphatic heterocycles. The van der Waals surface area contributed by atoms with Gasteiger partial charge in [-0.15, -0.1) is 0 Å². The van der Waals surface area contributed by atoms with Crippen LogP contribution in [0.15, 0.2) is 29.2 Å². The Morgan fingerprint density at radius 3 is 2.54 bits per heavy atom. The van der Waals surface area contributed by atoms with E-state index in [-0.39, 0.29) is 23.3 Å². The van der Waals surface area contributed by atoms with Crippen LogP contribution in [-0.2, 0) is 14.8 Å². The molecule has 1 amide bonds. The van der Waals surface area contributed by atoms with Gasteiger partial charge in [-0.2, -0.15) is 16.1 Å². The average molecular weight is 429 g/mol. The third-order valence-corrected chi connectivity index (χ3v) is 8.78. The molecule has 1 aliphatic carbocycles. The van der Waals surface area contributed by atoms with Crippen LogP contribution in [0.2, 0.25) is 0 Å². The second-order valence-corrected chi connectivity index (χ2v) is 10.9. The van der Waals surface area contributed by atoms with Gasteiger partial charge in [0.2, 0.25) is 15.9 Å². The summed E-state index contributed by atoms with van der Waals surface area (Å²) < 4.78 is 40.0. The number of sulfonamides is 1. The van der Waals surface area contributed by atoms with Crippen LogP contribution in [0.5, 0.6) is 0 Å². The number of rotatable bonds is 7. The van der Waals surface area contributed by atoms with Gasteiger partial charge >= 0.3 is 0 Å². The molecule has 1 aromatic carbocycles. The van der Waals surface area contributed by atoms with Crippen LogP contribution in [0, 0.1) is 11.7 Å². The highest BCUT2D eigenvalue weighted by Gasteiger charge is 2.33. The number of carbonyl (C=O) groups excluding carboxylic acids is 1. The van der Waals surface area contributed by atoms with E-state index >= 15 is 0 Å². The summed E-state index contributed by atoms with van der Waals surface area (Å²) in [6.45, 7) is 1.20. The van der Waals surface area contributed by atoms with Crippen molar-refractivity contribution in [3.05, 3.63) is 30.1 Å². The van der Waals surface area contributed by atoms with Gasteiger partial charge in [0.25, 0.3) is 0 Å². The van der Waals surface area contributed by atoms with E-state index in [0.29, 0.717) is 25.9 Å². The number of halogens is 1. The number of amides is 1. The van der Waals surface area contributed by atoms with E-state index in [1.54, 1.807) is 0 Å². The Morgan fingerprint density at radius 2 is 1.82 bits per heavy atom. The summed E-state index contributed by atoms with van der Waals surface area (Å²) in [5.74, 6) is 0.0358. The fourth-order valence-corrected chi connectivity index (χ4v) is 6.65. The minimum absolute atomic E-state index is 0.0664. The molecule has 3 rings (SSSR count). The standard InChI is InChI=1S/C20H29FN2O3S2/c21-17-8-10-19(11-9-17)28(25,26)23-13-4-5-16(15-23)20(24)22-12-14-27-18-6-2-1-3-7-18/h8-11,16,18H,1-7,12-15H2,(H,22,24)/t16-/m0/s1. The fourth-order valence-electron chi connectivity index (χ4n) is 3.91. The molecular formula is C20H29FN2O3S2. The van der Waals surface area contributed by atoms with Crippen LogP contribution in [0.25, 0.3) is 0 Å². The van der Waals surface area contributed by atoms with Crippen molar-refractivity contribution in [2.75, 3.05) is 25.4 Å². The highest BCUT2D eigenvalue weighted by atomic mass is 32.2. The maximum absolute atomic E-state index is 13.1. The molecule has 2 aliphatic rings. The SMILES string of the molecule is O=C(NCCSC1CCCCC1)[C@H]1CCCN(S(=O)(=O)c2ccc(F)cc2)C1. The number of benzene rings is 1. The summed E-state index contributed by atoms with van der Waals surface area (Å²) in [4.78, 5) is 12.6. The van der Waals surface area contributed by atoms with Gasteiger partial charge in [0.05, 0.1) is 10.8 Å². The smallest absolute Gasteiger partial charge is 0.243 e. The molecule has 0 bridgehead atoms. The third kappa shape index (κ3) is 5.70. The second kappa shape index (κ2) is 10.1. The van der Waals surface area contributed by atoms with Gasteiger partial charge in [0, 0.05) is 30.6 Å². The molecule has 0 unspecified atom stereocenters. The minimum atomic E-state index is -3.70. The molecule has 1 aromatic rings. The predicted octanol–water partition coefficient (Wildman–Crippen LogP) is 3.41. The zero-order chi connectivity index (χ0) is 20.0. The fraction of sp³-hybridized carbons (Fsp3) is 0.650. The molecule has 0 spiro atoms. The zero-order valence-corrected chi connectivity index (χ0v) is 17.7. The molecule has 8 heteroatoms. The molecule has 28 heavy (non-hydrogen) atoms. The first kappa shape index (κ1) is 21.6. The Kier molecular flexibility index (Phi) is 7.77. The van der Waals surface area contributed by atoms with Gasteiger partial charge in [-0.25, -0.2) is 12.8 Å². The highest BCUT2D eigenvalue weighted by molar-refractivity contribution is 7.99. The third-order valence-electron chi connectivity index (χ3n) is 5.51. The van der Waals surface area contributed by atoms with Crippen LogP contribution in [-0.4, -0.2) is 49.3 Å². The molecule has 0 radical (unpaired) electrons. The van der Waals surface area contributed by atoms with E-state index in [0.717, 1.165) is 23.1 Å². The van der Waals surface area contributed by atoms with Gasteiger partial charge in [-0.1, -0.05) is 19.3 Å². The maximum Gasteiger partial charge on any atom is 0.243 e. The Bertz CT molecular complexity index is 749. The minimum Gasteiger partial charge on any atom is -0.355 e. The Labute approximate surface area is 171 Å². The van der Waals surface area contributed by atoms with Crippen molar-refractivity contribution in [3.8, 4) is 0 Å². The normalized spacial score (nSPS) is 22.1. The summed E-state index contributed by atoms with van der Waals surface area (Å²) in [5, 5.41) is 3.70. The molecule has 1 atom stereocenters. The first-order valence-electron chi connectivity index (χ1n) is 10.1. The number of thioether (sulfide) groups is 1. The maximum atomic E-state index is 13.1. The van der Waals surface area contributed by atoms with E-state index in [1.165, 1.54) is 48.5 Å². The highest BCUT2D eigenvalue weighted by Crippen LogP contribution is 2.28. The van der Waals surface area contributed by atoms with E-state index in [9.17, 15) is 17.6 Å². The summed E-state index contributed by atoms with van der Waals surface area (Å²) in [6, 6.07) is 4.84. The second-order valence-electron chi connectivity index (χ2n) is 7.58. The zero-order valence-electron chi connectivity index (χ0n) is 16.1. The summed E-state index contributed by atoms with van der Waals surface area (Å²) in [6.07, 6.45) is 7.85. The molecule has 5 nitrogen and oxygen atoms in total. The number of hydrogen-bond acceptors (Lipinski definition) is 4. The van der Waals surface area contributed by atoms with Crippen LogP contribution >= 0.6 is 11.8 Å². The summed E-state index contributed by atoms with van der Waals surface area (Å²) in [5.41, 5.74) is 0. The van der Waals surface area contributed by atoms with Crippen LogP contribution in [0.4, 0.5) is 4.39 Å². The molecular weight excluding hydrogens is 399 g/mol. The molecule has 0 aromatic heterocycles. The lowest BCUT2D eigenvalue weighted by atomic mass is 9.99. The van der Waals surface area contributed by atoms with Crippen LogP contribution in [0.3, 0.4) is 0 Å². The van der Waals surface area contributed by atoms with E-state index in [4.69, 9.17) is 0 Å². The van der Waals surface area contributed by atoms with E-state index in [2.05, 4.69) is 5.32 Å². The van der Waals surface area contributed by atoms with Crippen molar-refractivity contribution >= 4 is 27.7 Å². The molecule has 1 heterocycles. The lowest BCUT2D eigenvalue weighted by Gasteiger charge is -2.31. The quantitative estimate of drug-likeness (QED) is 0.676. The number of nitrogens with zero attached hydrogens (tertiary/aromatic N) is 1. The lowest BCUT2D eigenvalue weighted by molar-refractivity contribution is -0.125. The van der Waals surface area contributed by atoms with Gasteiger partial charge in [-0.3, -0.25) is 4.79 Å². The van der Waals surface area contributed by atoms with Gasteiger partial charge in [-0.05, 0) is 49.9 Å². The molecule has 1 saturated carbocycles. The summed E-state index contributed by atoms with van der Waals surface area (Å²) >= 11 is 1.94. The Morgan fingerprint density at radius 1 is 1.11 bits per heavy atom. The first-order chi connectivity index (χ1) is 13.5.